The lowest BCUT2D eigenvalue weighted by atomic mass is 9.85. The summed E-state index contributed by atoms with van der Waals surface area (Å²) in [5.74, 6) is 0.243. The van der Waals surface area contributed by atoms with Gasteiger partial charge in [-0.1, -0.05) is 55.8 Å². The molecule has 1 unspecified atom stereocenters. The van der Waals surface area contributed by atoms with Crippen LogP contribution in [-0.4, -0.2) is 64.0 Å². The predicted octanol–water partition coefficient (Wildman–Crippen LogP) is 5.55. The third kappa shape index (κ3) is 8.59. The van der Waals surface area contributed by atoms with Gasteiger partial charge in [-0.15, -0.1) is 0 Å². The van der Waals surface area contributed by atoms with Crippen molar-refractivity contribution in [2.75, 3.05) is 47.0 Å². The van der Waals surface area contributed by atoms with Gasteiger partial charge in [0.25, 0.3) is 0 Å². The van der Waals surface area contributed by atoms with E-state index in [-0.39, 0.29) is 23.0 Å². The van der Waals surface area contributed by atoms with Crippen molar-refractivity contribution in [3.8, 4) is 0 Å². The van der Waals surface area contributed by atoms with E-state index >= 15 is 0 Å². The molecule has 0 aromatic heterocycles. The van der Waals surface area contributed by atoms with Crippen LogP contribution in [0.2, 0.25) is 5.02 Å². The minimum absolute atomic E-state index is 0.00824. The Morgan fingerprint density at radius 1 is 1.20 bits per heavy atom. The number of likely N-dealkylation sites (N-methyl/N-ethyl adjacent to an activating group) is 1. The van der Waals surface area contributed by atoms with Gasteiger partial charge in [0.15, 0.2) is 0 Å². The van der Waals surface area contributed by atoms with Crippen molar-refractivity contribution in [2.45, 2.75) is 69.9 Å². The van der Waals surface area contributed by atoms with E-state index in [0.717, 1.165) is 32.2 Å². The second kappa shape index (κ2) is 15.0. The number of amides is 2. The predicted molar refractivity (Wildman–Crippen MR) is 138 cm³/mol. The van der Waals surface area contributed by atoms with Crippen molar-refractivity contribution >= 4 is 17.6 Å². The van der Waals surface area contributed by atoms with Crippen molar-refractivity contribution in [2.24, 2.45) is 11.8 Å². The van der Waals surface area contributed by atoms with E-state index in [1.54, 1.807) is 25.3 Å². The Hall–Kier alpha value is -1.41. The number of likely N-dealkylation sites (tertiary alicyclic amines) is 1. The van der Waals surface area contributed by atoms with E-state index in [2.05, 4.69) is 10.6 Å². The van der Waals surface area contributed by atoms with Gasteiger partial charge in [0, 0.05) is 57.5 Å². The van der Waals surface area contributed by atoms with E-state index in [0.29, 0.717) is 37.8 Å². The smallest absolute Gasteiger partial charge is 0.317 e. The number of urea groups is 1. The summed E-state index contributed by atoms with van der Waals surface area (Å²) >= 11 is 6.10. The molecule has 3 atom stereocenters. The van der Waals surface area contributed by atoms with Crippen LogP contribution in [0.25, 0.3) is 0 Å². The van der Waals surface area contributed by atoms with Gasteiger partial charge in [0.05, 0.1) is 11.1 Å². The summed E-state index contributed by atoms with van der Waals surface area (Å²) in [5.41, 5.74) is 0.465. The summed E-state index contributed by atoms with van der Waals surface area (Å²) in [5, 5.41) is 6.62. The first-order valence-corrected chi connectivity index (χ1v) is 13.7. The Bertz CT molecular complexity index is 778. The molecule has 1 aromatic rings. The van der Waals surface area contributed by atoms with Crippen molar-refractivity contribution in [3.63, 3.8) is 0 Å². The SMILES string of the molecule is CNC[C@H](CC1CCCCC1)NC(=O)N1CCC[C@@H](C(OCCCOC)c2cccc(Cl)c2F)C1. The van der Waals surface area contributed by atoms with Gasteiger partial charge < -0.3 is 25.0 Å². The van der Waals surface area contributed by atoms with E-state index in [4.69, 9.17) is 21.1 Å². The largest absolute Gasteiger partial charge is 0.385 e. The molecule has 2 aliphatic rings. The van der Waals surface area contributed by atoms with Crippen LogP contribution in [0.15, 0.2) is 18.2 Å². The second-order valence-corrected chi connectivity index (χ2v) is 10.5. The molecule has 198 valence electrons. The third-order valence-electron chi connectivity index (χ3n) is 7.37. The number of hydrogen-bond acceptors (Lipinski definition) is 4. The molecule has 2 amide bonds. The summed E-state index contributed by atoms with van der Waals surface area (Å²) < 4.78 is 26.3. The molecule has 35 heavy (non-hydrogen) atoms. The number of methoxy groups -OCH3 is 1. The summed E-state index contributed by atoms with van der Waals surface area (Å²) in [6.45, 7) is 3.03. The fourth-order valence-electron chi connectivity index (χ4n) is 5.61. The van der Waals surface area contributed by atoms with E-state index in [1.807, 2.05) is 11.9 Å². The second-order valence-electron chi connectivity index (χ2n) is 10.1. The lowest BCUT2D eigenvalue weighted by molar-refractivity contribution is -0.0185. The van der Waals surface area contributed by atoms with Gasteiger partial charge in [-0.05, 0) is 44.7 Å². The van der Waals surface area contributed by atoms with Crippen LogP contribution in [0.5, 0.6) is 0 Å². The zero-order valence-corrected chi connectivity index (χ0v) is 22.1. The van der Waals surface area contributed by atoms with Crippen molar-refractivity contribution in [1.82, 2.24) is 15.5 Å². The molecule has 3 rings (SSSR count). The Labute approximate surface area is 215 Å². The normalized spacial score (nSPS) is 21.0. The van der Waals surface area contributed by atoms with Gasteiger partial charge in [0.1, 0.15) is 5.82 Å². The molecule has 1 aliphatic heterocycles. The average molecular weight is 512 g/mol. The summed E-state index contributed by atoms with van der Waals surface area (Å²) in [4.78, 5) is 15.2. The number of nitrogens with one attached hydrogen (secondary N) is 2. The Morgan fingerprint density at radius 2 is 2.00 bits per heavy atom. The lowest BCUT2D eigenvalue weighted by Gasteiger charge is -2.38. The Morgan fingerprint density at radius 3 is 2.74 bits per heavy atom. The van der Waals surface area contributed by atoms with Gasteiger partial charge in [-0.2, -0.15) is 0 Å². The molecule has 1 aliphatic carbocycles. The molecule has 6 nitrogen and oxygen atoms in total. The van der Waals surface area contributed by atoms with Gasteiger partial charge in [-0.3, -0.25) is 0 Å². The molecule has 0 bridgehead atoms. The van der Waals surface area contributed by atoms with Crippen molar-refractivity contribution < 1.29 is 18.7 Å². The maximum atomic E-state index is 15.0. The molecule has 2 N–H and O–H groups in total. The zero-order chi connectivity index (χ0) is 25.0. The van der Waals surface area contributed by atoms with Crippen molar-refractivity contribution in [3.05, 3.63) is 34.6 Å². The minimum atomic E-state index is -0.462. The van der Waals surface area contributed by atoms with E-state index < -0.39 is 11.9 Å². The number of nitrogens with zero attached hydrogens (tertiary/aromatic N) is 1. The monoisotopic (exact) mass is 511 g/mol. The maximum Gasteiger partial charge on any atom is 0.317 e. The van der Waals surface area contributed by atoms with Crippen LogP contribution >= 0.6 is 11.6 Å². The number of carbonyl (C=O) groups excluding carboxylic acids is 1. The number of piperidine rings is 1. The zero-order valence-electron chi connectivity index (χ0n) is 21.4. The number of rotatable bonds is 12. The van der Waals surface area contributed by atoms with Gasteiger partial charge >= 0.3 is 6.03 Å². The van der Waals surface area contributed by atoms with Crippen LogP contribution < -0.4 is 10.6 Å². The standard InChI is InChI=1S/C27H43ClFN3O3/c1-30-18-22(17-20-9-4-3-5-10-20)31-27(33)32-14-7-11-21(19-32)26(35-16-8-15-34-2)23-12-6-13-24(28)25(23)29/h6,12-13,20-22,26,30H,3-5,7-11,14-19H2,1-2H3,(H,31,33)/t21-,22+,26?/m1/s1. The van der Waals surface area contributed by atoms with Crippen LogP contribution in [0.3, 0.4) is 0 Å². The molecular formula is C27H43ClFN3O3. The third-order valence-corrected chi connectivity index (χ3v) is 7.66. The highest BCUT2D eigenvalue weighted by Gasteiger charge is 2.33. The topological polar surface area (TPSA) is 62.8 Å². The molecular weight excluding hydrogens is 469 g/mol. The molecule has 2 fully saturated rings. The fourth-order valence-corrected chi connectivity index (χ4v) is 5.79. The number of benzene rings is 1. The highest BCUT2D eigenvalue weighted by Crippen LogP contribution is 2.36. The van der Waals surface area contributed by atoms with Crippen LogP contribution in [0, 0.1) is 17.7 Å². The molecule has 1 heterocycles. The summed E-state index contributed by atoms with van der Waals surface area (Å²) in [6, 6.07) is 5.14. The van der Waals surface area contributed by atoms with Crippen LogP contribution in [0.1, 0.15) is 69.5 Å². The summed E-state index contributed by atoms with van der Waals surface area (Å²) in [6.07, 6.45) is 9.44. The average Bonchev–Trinajstić information content (AvgIpc) is 2.87. The molecule has 1 saturated heterocycles. The van der Waals surface area contributed by atoms with Crippen LogP contribution in [-0.2, 0) is 9.47 Å². The fraction of sp³-hybridized carbons (Fsp3) is 0.741. The Balaban J connectivity index is 1.66. The number of carbonyl (C=O) groups is 1. The van der Waals surface area contributed by atoms with Gasteiger partial charge in [0.2, 0.25) is 0 Å². The van der Waals surface area contributed by atoms with Crippen molar-refractivity contribution in [1.29, 1.82) is 0 Å². The highest BCUT2D eigenvalue weighted by atomic mass is 35.5. The lowest BCUT2D eigenvalue weighted by Crippen LogP contribution is -2.52. The maximum absolute atomic E-state index is 15.0. The number of halogens is 2. The van der Waals surface area contributed by atoms with E-state index in [1.165, 1.54) is 32.1 Å². The molecule has 0 spiro atoms. The van der Waals surface area contributed by atoms with Crippen LogP contribution in [0.4, 0.5) is 9.18 Å². The number of hydrogen-bond donors (Lipinski definition) is 2. The first kappa shape index (κ1) is 28.2. The molecule has 1 aromatic carbocycles. The minimum Gasteiger partial charge on any atom is -0.385 e. The Kier molecular flexibility index (Phi) is 12.1. The van der Waals surface area contributed by atoms with Gasteiger partial charge in [-0.25, -0.2) is 9.18 Å². The molecule has 1 saturated carbocycles. The molecule has 0 radical (unpaired) electrons. The van der Waals surface area contributed by atoms with E-state index in [9.17, 15) is 9.18 Å². The first-order chi connectivity index (χ1) is 17.0. The number of ether oxygens (including phenoxy) is 2. The quantitative estimate of drug-likeness (QED) is 0.361. The molecule has 8 heteroatoms. The summed E-state index contributed by atoms with van der Waals surface area (Å²) in [7, 11) is 3.59. The highest BCUT2D eigenvalue weighted by molar-refractivity contribution is 6.30. The first-order valence-electron chi connectivity index (χ1n) is 13.3.